The van der Waals surface area contributed by atoms with Crippen molar-refractivity contribution in [3.8, 4) is 11.9 Å². The smallest absolute Gasteiger partial charge is 0.243 e. The molecule has 2 saturated heterocycles. The van der Waals surface area contributed by atoms with E-state index in [2.05, 4.69) is 15.6 Å². The lowest BCUT2D eigenvalue weighted by Gasteiger charge is -2.41. The number of nitrogens with one attached hydrogen (secondary N) is 2. The molecular weight excluding hydrogens is 526 g/mol. The fourth-order valence-corrected chi connectivity index (χ4v) is 7.35. The van der Waals surface area contributed by atoms with E-state index >= 15 is 0 Å². The van der Waals surface area contributed by atoms with Gasteiger partial charge in [-0.1, -0.05) is 11.6 Å². The lowest BCUT2D eigenvalue weighted by molar-refractivity contribution is -0.0568. The summed E-state index contributed by atoms with van der Waals surface area (Å²) < 4.78 is 35.2. The highest BCUT2D eigenvalue weighted by Gasteiger charge is 2.44. The monoisotopic (exact) mass is 557 g/mol. The zero-order valence-electron chi connectivity index (χ0n) is 21.4. The third kappa shape index (κ3) is 5.34. The topological polar surface area (TPSA) is 127 Å². The lowest BCUT2D eigenvalue weighted by Crippen LogP contribution is -2.49. The number of guanidine groups is 1. The molecule has 4 aliphatic rings. The molecule has 2 aromatic rings. The van der Waals surface area contributed by atoms with Gasteiger partial charge in [0.15, 0.2) is 6.19 Å². The molecule has 3 aliphatic heterocycles. The number of sulfonamides is 1. The van der Waals surface area contributed by atoms with Crippen LogP contribution in [-0.4, -0.2) is 48.6 Å². The van der Waals surface area contributed by atoms with E-state index in [0.717, 1.165) is 25.7 Å². The molecule has 3 heterocycles. The number of nitrogens with zero attached hydrogens (tertiary/aromatic N) is 3. The first-order chi connectivity index (χ1) is 18.1. The number of hydrogen-bond acceptors (Lipinski definition) is 6. The van der Waals surface area contributed by atoms with Gasteiger partial charge in [0, 0.05) is 29.4 Å². The normalized spacial score (nSPS) is 27.0. The Labute approximate surface area is 228 Å². The molecule has 202 valence electrons. The molecule has 3 fully saturated rings. The molecule has 9 nitrogen and oxygen atoms in total. The first-order valence-electron chi connectivity index (χ1n) is 12.8. The molecule has 6 rings (SSSR count). The highest BCUT2D eigenvalue weighted by Crippen LogP contribution is 2.44. The van der Waals surface area contributed by atoms with Crippen molar-refractivity contribution in [1.82, 2.24) is 9.62 Å². The van der Waals surface area contributed by atoms with Gasteiger partial charge in [0.2, 0.25) is 16.0 Å². The maximum Gasteiger partial charge on any atom is 0.243 e. The maximum absolute atomic E-state index is 13.8. The summed E-state index contributed by atoms with van der Waals surface area (Å²) in [7, 11) is -3.75. The summed E-state index contributed by atoms with van der Waals surface area (Å²) in [5.41, 5.74) is 0.0544. The SMILES string of the molecule is CC1(C)Oc2ccc(S(=O)(=O)N3CC4CCC(CC4)C3)cc2[C@@H](N=C(NC#N)Nc2ccc(Cl)cc2)[C@@H]1O. The van der Waals surface area contributed by atoms with Gasteiger partial charge in [-0.3, -0.25) is 5.32 Å². The van der Waals surface area contributed by atoms with Crippen LogP contribution in [-0.2, 0) is 10.0 Å². The van der Waals surface area contributed by atoms with E-state index in [-0.39, 0.29) is 10.9 Å². The first-order valence-corrected chi connectivity index (χ1v) is 14.7. The molecule has 2 atom stereocenters. The van der Waals surface area contributed by atoms with Gasteiger partial charge < -0.3 is 15.2 Å². The van der Waals surface area contributed by atoms with Crippen molar-refractivity contribution in [3.05, 3.63) is 53.1 Å². The Bertz CT molecular complexity index is 1350. The van der Waals surface area contributed by atoms with Gasteiger partial charge in [0.25, 0.3) is 0 Å². The molecule has 11 heteroatoms. The lowest BCUT2D eigenvalue weighted by atomic mass is 9.84. The summed E-state index contributed by atoms with van der Waals surface area (Å²) in [5, 5.41) is 26.7. The number of halogens is 1. The molecule has 1 saturated carbocycles. The van der Waals surface area contributed by atoms with Crippen molar-refractivity contribution >= 4 is 33.3 Å². The van der Waals surface area contributed by atoms with Crippen molar-refractivity contribution in [1.29, 1.82) is 5.26 Å². The molecule has 2 bridgehead atoms. The zero-order chi connectivity index (χ0) is 27.1. The van der Waals surface area contributed by atoms with Crippen LogP contribution in [0.5, 0.6) is 5.75 Å². The Morgan fingerprint density at radius 1 is 1.13 bits per heavy atom. The number of benzene rings is 2. The molecule has 0 amide bonds. The summed E-state index contributed by atoms with van der Waals surface area (Å²) >= 11 is 5.98. The molecule has 0 radical (unpaired) electrons. The minimum absolute atomic E-state index is 0.0971. The summed E-state index contributed by atoms with van der Waals surface area (Å²) in [6, 6.07) is 10.7. The standard InChI is InChI=1S/C27H32ClN5O4S/c1-27(2)25(34)24(32-26(30-16-29)31-20-9-7-19(28)8-10-20)22-13-21(11-12-23(22)37-27)38(35,36)33-14-17-3-4-18(15-33)6-5-17/h7-13,17-18,24-25,34H,3-6,14-15H2,1-2H3,(H2,30,31,32)/t17?,18?,24-,25+/m1/s1. The van der Waals surface area contributed by atoms with Crippen LogP contribution in [0.2, 0.25) is 5.02 Å². The van der Waals surface area contributed by atoms with E-state index in [1.807, 2.05) is 6.19 Å². The van der Waals surface area contributed by atoms with E-state index in [9.17, 15) is 18.8 Å². The summed E-state index contributed by atoms with van der Waals surface area (Å²) in [6.45, 7) is 4.55. The van der Waals surface area contributed by atoms with Gasteiger partial charge in [-0.15, -0.1) is 0 Å². The van der Waals surface area contributed by atoms with Crippen LogP contribution in [0.4, 0.5) is 5.69 Å². The molecule has 2 aromatic carbocycles. The van der Waals surface area contributed by atoms with Gasteiger partial charge in [-0.25, -0.2) is 13.4 Å². The number of hydrogen-bond donors (Lipinski definition) is 3. The third-order valence-corrected chi connectivity index (χ3v) is 9.84. The van der Waals surface area contributed by atoms with Crippen LogP contribution >= 0.6 is 11.6 Å². The summed E-state index contributed by atoms with van der Waals surface area (Å²) in [6.07, 6.45) is 5.03. The van der Waals surface area contributed by atoms with Gasteiger partial charge in [-0.2, -0.15) is 9.57 Å². The number of aliphatic imine (C=N–C) groups is 1. The Hall–Kier alpha value is -2.84. The Kier molecular flexibility index (Phi) is 7.31. The number of ether oxygens (including phenoxy) is 1. The van der Waals surface area contributed by atoms with E-state index in [1.54, 1.807) is 60.6 Å². The van der Waals surface area contributed by atoms with E-state index in [4.69, 9.17) is 16.3 Å². The van der Waals surface area contributed by atoms with Crippen molar-refractivity contribution in [2.75, 3.05) is 18.4 Å². The van der Waals surface area contributed by atoms with E-state index < -0.39 is 27.8 Å². The van der Waals surface area contributed by atoms with Crippen LogP contribution in [0.15, 0.2) is 52.4 Å². The summed E-state index contributed by atoms with van der Waals surface area (Å²) in [4.78, 5) is 4.79. The number of anilines is 1. The zero-order valence-corrected chi connectivity index (χ0v) is 23.0. The highest BCUT2D eigenvalue weighted by atomic mass is 35.5. The van der Waals surface area contributed by atoms with E-state index in [1.165, 1.54) is 0 Å². The predicted octanol–water partition coefficient (Wildman–Crippen LogP) is 4.26. The maximum atomic E-state index is 13.8. The van der Waals surface area contributed by atoms with Crippen molar-refractivity contribution < 1.29 is 18.3 Å². The second kappa shape index (κ2) is 10.4. The number of rotatable bonds is 4. The largest absolute Gasteiger partial charge is 0.485 e. The third-order valence-electron chi connectivity index (χ3n) is 7.76. The second-order valence-electron chi connectivity index (χ2n) is 10.8. The van der Waals surface area contributed by atoms with Gasteiger partial charge in [0.1, 0.15) is 23.5 Å². The van der Waals surface area contributed by atoms with Crippen LogP contribution < -0.4 is 15.4 Å². The van der Waals surface area contributed by atoms with Crippen LogP contribution in [0.1, 0.15) is 51.1 Å². The van der Waals surface area contributed by atoms with Gasteiger partial charge in [0.05, 0.1) is 4.90 Å². The van der Waals surface area contributed by atoms with Gasteiger partial charge >= 0.3 is 0 Å². The molecule has 0 spiro atoms. The van der Waals surface area contributed by atoms with Crippen LogP contribution in [0.3, 0.4) is 0 Å². The minimum Gasteiger partial charge on any atom is -0.485 e. The molecule has 38 heavy (non-hydrogen) atoms. The van der Waals surface area contributed by atoms with Crippen LogP contribution in [0.25, 0.3) is 0 Å². The highest BCUT2D eigenvalue weighted by molar-refractivity contribution is 7.89. The van der Waals surface area contributed by atoms with Crippen LogP contribution in [0, 0.1) is 23.3 Å². The Morgan fingerprint density at radius 3 is 2.37 bits per heavy atom. The molecule has 0 aromatic heterocycles. The van der Waals surface area contributed by atoms with Crippen molar-refractivity contribution in [3.63, 3.8) is 0 Å². The molecule has 3 N–H and O–H groups in total. The number of nitriles is 1. The number of fused-ring (bicyclic) bond motifs is 5. The molecule has 1 aliphatic carbocycles. The predicted molar refractivity (Wildman–Crippen MR) is 145 cm³/mol. The number of aliphatic hydroxyl groups excluding tert-OH is 1. The first kappa shape index (κ1) is 26.8. The minimum atomic E-state index is -3.75. The average molecular weight is 558 g/mol. The fourth-order valence-electron chi connectivity index (χ4n) is 5.60. The fraction of sp³-hybridized carbons (Fsp3) is 0.481. The average Bonchev–Trinajstić information content (AvgIpc) is 3.23. The number of aliphatic hydroxyl groups is 1. The molecule has 0 unspecified atom stereocenters. The van der Waals surface area contributed by atoms with Crippen molar-refractivity contribution in [2.45, 2.75) is 62.2 Å². The summed E-state index contributed by atoms with van der Waals surface area (Å²) in [5.74, 6) is 1.32. The Balaban J connectivity index is 1.52. The quantitative estimate of drug-likeness (QED) is 0.222. The van der Waals surface area contributed by atoms with E-state index in [0.29, 0.717) is 46.9 Å². The van der Waals surface area contributed by atoms with Crippen molar-refractivity contribution in [2.24, 2.45) is 16.8 Å². The van der Waals surface area contributed by atoms with Gasteiger partial charge in [-0.05, 0) is 93.8 Å². The Morgan fingerprint density at radius 2 is 1.76 bits per heavy atom. The molecular formula is C27H32ClN5O4S. The second-order valence-corrected chi connectivity index (χ2v) is 13.2.